The summed E-state index contributed by atoms with van der Waals surface area (Å²) in [5, 5.41) is 20.3. The Kier molecular flexibility index (Phi) is 3.73. The standard InChI is InChI=1S/C13H13NO6S/c1-8-10(14(16)17)7-21(18,19)13(8)6-9-3-4-11(15)12(5-9)20-2/h3-6,15H,7H2,1-2H3. The molecule has 2 rings (SSSR count). The zero-order valence-electron chi connectivity index (χ0n) is 11.4. The van der Waals surface area contributed by atoms with Crippen LogP contribution in [-0.4, -0.2) is 31.3 Å². The Morgan fingerprint density at radius 2 is 2.10 bits per heavy atom. The Hall–Kier alpha value is -2.35. The van der Waals surface area contributed by atoms with Crippen LogP contribution in [0, 0.1) is 10.1 Å². The van der Waals surface area contributed by atoms with Crippen molar-refractivity contribution in [2.45, 2.75) is 6.92 Å². The molecule has 0 amide bonds. The Bertz CT molecular complexity index is 776. The molecule has 1 aromatic carbocycles. The van der Waals surface area contributed by atoms with Crippen molar-refractivity contribution >= 4 is 15.9 Å². The lowest BCUT2D eigenvalue weighted by Gasteiger charge is -2.05. The molecule has 0 radical (unpaired) electrons. The van der Waals surface area contributed by atoms with Crippen molar-refractivity contribution < 1.29 is 23.2 Å². The molecule has 0 fully saturated rings. The van der Waals surface area contributed by atoms with Gasteiger partial charge in [-0.15, -0.1) is 0 Å². The van der Waals surface area contributed by atoms with Crippen LogP contribution in [0.3, 0.4) is 0 Å². The molecule has 0 aromatic heterocycles. The number of sulfone groups is 1. The lowest BCUT2D eigenvalue weighted by molar-refractivity contribution is -0.424. The predicted molar refractivity (Wildman–Crippen MR) is 76.1 cm³/mol. The number of aromatic hydroxyl groups is 1. The maximum atomic E-state index is 12.0. The molecule has 0 bridgehead atoms. The van der Waals surface area contributed by atoms with Gasteiger partial charge in [0.1, 0.15) is 5.75 Å². The van der Waals surface area contributed by atoms with Gasteiger partial charge in [0.2, 0.25) is 0 Å². The third-order valence-electron chi connectivity index (χ3n) is 3.19. The monoisotopic (exact) mass is 311 g/mol. The number of nitro groups is 1. The van der Waals surface area contributed by atoms with E-state index in [9.17, 15) is 23.6 Å². The Morgan fingerprint density at radius 1 is 1.43 bits per heavy atom. The number of benzene rings is 1. The van der Waals surface area contributed by atoms with Crippen molar-refractivity contribution in [1.29, 1.82) is 0 Å². The van der Waals surface area contributed by atoms with Crippen molar-refractivity contribution in [2.75, 3.05) is 12.9 Å². The third-order valence-corrected chi connectivity index (χ3v) is 4.93. The number of ether oxygens (including phenoxy) is 1. The zero-order valence-corrected chi connectivity index (χ0v) is 12.2. The van der Waals surface area contributed by atoms with Crippen molar-refractivity contribution in [3.05, 3.63) is 50.1 Å². The second-order valence-electron chi connectivity index (χ2n) is 4.53. The van der Waals surface area contributed by atoms with Crippen LogP contribution in [0.2, 0.25) is 0 Å². The first-order valence-corrected chi connectivity index (χ1v) is 7.57. The summed E-state index contributed by atoms with van der Waals surface area (Å²) in [5.74, 6) is -0.490. The number of hydrogen-bond donors (Lipinski definition) is 1. The van der Waals surface area contributed by atoms with Crippen LogP contribution < -0.4 is 4.74 Å². The average Bonchev–Trinajstić information content (AvgIpc) is 2.64. The maximum Gasteiger partial charge on any atom is 0.265 e. The molecule has 0 spiro atoms. The normalized spacial score (nSPS) is 19.0. The number of phenolic OH excluding ortho intramolecular Hbond substituents is 1. The van der Waals surface area contributed by atoms with E-state index in [4.69, 9.17) is 4.74 Å². The van der Waals surface area contributed by atoms with Gasteiger partial charge in [-0.3, -0.25) is 10.1 Å². The van der Waals surface area contributed by atoms with E-state index in [0.717, 1.165) is 0 Å². The van der Waals surface area contributed by atoms with Gasteiger partial charge < -0.3 is 9.84 Å². The molecular formula is C13H13NO6S. The molecule has 112 valence electrons. The molecule has 0 atom stereocenters. The summed E-state index contributed by atoms with van der Waals surface area (Å²) in [5.41, 5.74) is 0.284. The molecule has 0 saturated heterocycles. The molecule has 8 heteroatoms. The topological polar surface area (TPSA) is 107 Å². The minimum absolute atomic E-state index is 0.0767. The fourth-order valence-corrected chi connectivity index (χ4v) is 3.80. The Morgan fingerprint density at radius 3 is 2.62 bits per heavy atom. The molecule has 7 nitrogen and oxygen atoms in total. The molecule has 1 heterocycles. The molecule has 1 aliphatic rings. The van der Waals surface area contributed by atoms with Crippen molar-refractivity contribution in [3.8, 4) is 11.5 Å². The number of methoxy groups -OCH3 is 1. The van der Waals surface area contributed by atoms with E-state index in [-0.39, 0.29) is 27.7 Å². The number of phenols is 1. The van der Waals surface area contributed by atoms with Crippen LogP contribution in [0.4, 0.5) is 0 Å². The third kappa shape index (κ3) is 2.75. The number of allylic oxidation sites excluding steroid dienone is 1. The summed E-state index contributed by atoms with van der Waals surface area (Å²) >= 11 is 0. The van der Waals surface area contributed by atoms with Crippen LogP contribution >= 0.6 is 0 Å². The highest BCUT2D eigenvalue weighted by Gasteiger charge is 2.38. The lowest BCUT2D eigenvalue weighted by Crippen LogP contribution is -2.06. The summed E-state index contributed by atoms with van der Waals surface area (Å²) in [6, 6.07) is 4.31. The molecule has 0 unspecified atom stereocenters. The maximum absolute atomic E-state index is 12.0. The number of hydrogen-bond acceptors (Lipinski definition) is 6. The first kappa shape index (κ1) is 15.0. The highest BCUT2D eigenvalue weighted by molar-refractivity contribution is 7.96. The van der Waals surface area contributed by atoms with Gasteiger partial charge >= 0.3 is 0 Å². The van der Waals surface area contributed by atoms with Crippen molar-refractivity contribution in [2.24, 2.45) is 0 Å². The lowest BCUT2D eigenvalue weighted by atomic mass is 10.1. The van der Waals surface area contributed by atoms with E-state index in [2.05, 4.69) is 0 Å². The fourth-order valence-electron chi connectivity index (χ4n) is 2.06. The van der Waals surface area contributed by atoms with Gasteiger partial charge in [0.25, 0.3) is 5.70 Å². The predicted octanol–water partition coefficient (Wildman–Crippen LogP) is 1.72. The van der Waals surface area contributed by atoms with E-state index >= 15 is 0 Å². The molecule has 1 aromatic rings. The molecule has 1 aliphatic heterocycles. The largest absolute Gasteiger partial charge is 0.504 e. The van der Waals surface area contributed by atoms with Crippen LogP contribution in [0.5, 0.6) is 11.5 Å². The van der Waals surface area contributed by atoms with Gasteiger partial charge in [0, 0.05) is 5.57 Å². The highest BCUT2D eigenvalue weighted by Crippen LogP contribution is 2.34. The smallest absolute Gasteiger partial charge is 0.265 e. The summed E-state index contributed by atoms with van der Waals surface area (Å²) in [4.78, 5) is 10.1. The van der Waals surface area contributed by atoms with Crippen LogP contribution in [-0.2, 0) is 9.84 Å². The van der Waals surface area contributed by atoms with E-state index < -0.39 is 20.5 Å². The molecule has 0 saturated carbocycles. The van der Waals surface area contributed by atoms with Gasteiger partial charge in [0.05, 0.1) is 16.9 Å². The van der Waals surface area contributed by atoms with E-state index in [1.807, 2.05) is 0 Å². The molecule has 21 heavy (non-hydrogen) atoms. The SMILES string of the molecule is COc1cc(C=C2C(C)=C([N+](=O)[O-])CS2(=O)=O)ccc1O. The number of rotatable bonds is 3. The Balaban J connectivity index is 2.56. The van der Waals surface area contributed by atoms with Crippen molar-refractivity contribution in [1.82, 2.24) is 0 Å². The van der Waals surface area contributed by atoms with Gasteiger partial charge in [-0.2, -0.15) is 0 Å². The zero-order chi connectivity index (χ0) is 15.8. The van der Waals surface area contributed by atoms with Crippen LogP contribution in [0.25, 0.3) is 6.08 Å². The van der Waals surface area contributed by atoms with E-state index in [1.165, 1.54) is 38.3 Å². The average molecular weight is 311 g/mol. The van der Waals surface area contributed by atoms with Gasteiger partial charge in [-0.1, -0.05) is 6.07 Å². The van der Waals surface area contributed by atoms with Gasteiger partial charge in [-0.25, -0.2) is 8.42 Å². The highest BCUT2D eigenvalue weighted by atomic mass is 32.2. The summed E-state index contributed by atoms with van der Waals surface area (Å²) in [7, 11) is -2.35. The summed E-state index contributed by atoms with van der Waals surface area (Å²) in [6.07, 6.45) is 1.34. The summed E-state index contributed by atoms with van der Waals surface area (Å²) in [6.45, 7) is 1.41. The van der Waals surface area contributed by atoms with E-state index in [1.54, 1.807) is 0 Å². The second kappa shape index (κ2) is 5.21. The fraction of sp³-hybridized carbons (Fsp3) is 0.231. The van der Waals surface area contributed by atoms with E-state index in [0.29, 0.717) is 5.56 Å². The molecular weight excluding hydrogens is 298 g/mol. The number of nitrogens with zero attached hydrogens (tertiary/aromatic N) is 1. The minimum Gasteiger partial charge on any atom is -0.504 e. The van der Waals surface area contributed by atoms with Crippen LogP contribution in [0.15, 0.2) is 34.4 Å². The minimum atomic E-state index is -3.72. The first-order chi connectivity index (χ1) is 9.76. The van der Waals surface area contributed by atoms with Crippen molar-refractivity contribution in [3.63, 3.8) is 0 Å². The van der Waals surface area contributed by atoms with Crippen LogP contribution in [0.1, 0.15) is 12.5 Å². The quantitative estimate of drug-likeness (QED) is 0.673. The first-order valence-electron chi connectivity index (χ1n) is 5.92. The second-order valence-corrected chi connectivity index (χ2v) is 6.49. The molecule has 1 N–H and O–H groups in total. The van der Waals surface area contributed by atoms with Gasteiger partial charge in [0.15, 0.2) is 21.3 Å². The summed E-state index contributed by atoms with van der Waals surface area (Å²) < 4.78 is 29.0. The van der Waals surface area contributed by atoms with Gasteiger partial charge in [-0.05, 0) is 30.7 Å². The molecule has 0 aliphatic carbocycles. The Labute approximate surface area is 121 Å².